The van der Waals surface area contributed by atoms with Gasteiger partial charge >= 0.3 is 0 Å². The summed E-state index contributed by atoms with van der Waals surface area (Å²) in [5.41, 5.74) is 1.66. The number of phenolic OH excluding ortho intramolecular Hbond substituents is 1. The second-order valence-corrected chi connectivity index (χ2v) is 2.81. The van der Waals surface area contributed by atoms with Crippen LogP contribution >= 0.6 is 0 Å². The molecule has 0 heterocycles. The zero-order valence-corrected chi connectivity index (χ0v) is 7.61. The minimum Gasteiger partial charge on any atom is -0.506 e. The summed E-state index contributed by atoms with van der Waals surface area (Å²) in [4.78, 5) is 14.3. The number of nitrogens with zero attached hydrogens (tertiary/aromatic N) is 1. The molecule has 1 aromatic rings. The van der Waals surface area contributed by atoms with Gasteiger partial charge in [-0.25, -0.2) is 4.99 Å². The van der Waals surface area contributed by atoms with Crippen molar-refractivity contribution >= 4 is 17.7 Å². The highest BCUT2D eigenvalue weighted by atomic mass is 16.3. The smallest absolute Gasteiger partial charge is 0.163 e. The van der Waals surface area contributed by atoms with Crippen molar-refractivity contribution in [2.75, 3.05) is 0 Å². The van der Waals surface area contributed by atoms with Crippen molar-refractivity contribution in [1.29, 1.82) is 0 Å². The van der Waals surface area contributed by atoms with Crippen LogP contribution in [0.4, 0.5) is 5.69 Å². The van der Waals surface area contributed by atoms with Crippen LogP contribution in [-0.4, -0.2) is 17.1 Å². The number of hydrogen-bond donors (Lipinski definition) is 1. The van der Waals surface area contributed by atoms with E-state index in [4.69, 9.17) is 0 Å². The fraction of sp³-hybridized carbons (Fsp3) is 0.200. The monoisotopic (exact) mass is 177 g/mol. The van der Waals surface area contributed by atoms with E-state index in [0.29, 0.717) is 17.7 Å². The van der Waals surface area contributed by atoms with E-state index in [-0.39, 0.29) is 5.75 Å². The number of carbonyl (C=O) groups is 1. The molecule has 0 unspecified atom stereocenters. The van der Waals surface area contributed by atoms with E-state index in [9.17, 15) is 9.90 Å². The molecule has 1 N–H and O–H groups in total. The molecule has 3 heteroatoms. The zero-order chi connectivity index (χ0) is 9.84. The van der Waals surface area contributed by atoms with Crippen LogP contribution in [-0.2, 0) is 4.79 Å². The minimum atomic E-state index is 0.0983. The highest BCUT2D eigenvalue weighted by Gasteiger charge is 2.02. The first-order valence-electron chi connectivity index (χ1n) is 3.94. The molecule has 0 aliphatic carbocycles. The Bertz CT molecular complexity index is 336. The van der Waals surface area contributed by atoms with E-state index in [1.54, 1.807) is 19.1 Å². The maximum atomic E-state index is 10.3. The molecule has 0 spiro atoms. The molecule has 0 bridgehead atoms. The van der Waals surface area contributed by atoms with Gasteiger partial charge in [-0.2, -0.15) is 0 Å². The third-order valence-electron chi connectivity index (χ3n) is 1.68. The first-order valence-corrected chi connectivity index (χ1v) is 3.94. The van der Waals surface area contributed by atoms with E-state index >= 15 is 0 Å². The van der Waals surface area contributed by atoms with Crippen molar-refractivity contribution < 1.29 is 9.90 Å². The summed E-state index contributed by atoms with van der Waals surface area (Å²) in [6.07, 6.45) is 0.659. The van der Waals surface area contributed by atoms with Crippen molar-refractivity contribution in [3.8, 4) is 5.75 Å². The molecule has 0 aliphatic rings. The summed E-state index contributed by atoms with van der Waals surface area (Å²) in [5.74, 6) is 0.0983. The van der Waals surface area contributed by atoms with Crippen molar-refractivity contribution in [2.24, 2.45) is 4.99 Å². The van der Waals surface area contributed by atoms with Crippen LogP contribution < -0.4 is 0 Å². The Morgan fingerprint density at radius 2 is 2.23 bits per heavy atom. The third-order valence-corrected chi connectivity index (χ3v) is 1.68. The number of phenols is 1. The maximum absolute atomic E-state index is 10.3. The Morgan fingerprint density at radius 3 is 2.77 bits per heavy atom. The summed E-state index contributed by atoms with van der Waals surface area (Å²) in [6, 6.07) is 5.11. The van der Waals surface area contributed by atoms with Gasteiger partial charge in [-0.15, -0.1) is 0 Å². The fourth-order valence-corrected chi connectivity index (χ4v) is 0.992. The van der Waals surface area contributed by atoms with E-state index in [2.05, 4.69) is 4.99 Å². The number of aldehydes is 1. The number of rotatable bonds is 2. The number of aliphatic imine (C=N–C) groups is 1. The van der Waals surface area contributed by atoms with Crippen LogP contribution in [0.5, 0.6) is 5.75 Å². The molecule has 0 saturated heterocycles. The van der Waals surface area contributed by atoms with Gasteiger partial charge in [0.25, 0.3) is 0 Å². The zero-order valence-electron chi connectivity index (χ0n) is 7.61. The lowest BCUT2D eigenvalue weighted by molar-refractivity contribution is -0.102. The van der Waals surface area contributed by atoms with Crippen molar-refractivity contribution in [3.05, 3.63) is 23.8 Å². The highest BCUT2D eigenvalue weighted by Crippen LogP contribution is 2.29. The molecular weight excluding hydrogens is 166 g/mol. The topological polar surface area (TPSA) is 49.7 Å². The summed E-state index contributed by atoms with van der Waals surface area (Å²) in [6.45, 7) is 3.43. The molecule has 0 saturated carbocycles. The van der Waals surface area contributed by atoms with Crippen LogP contribution in [0.15, 0.2) is 23.2 Å². The van der Waals surface area contributed by atoms with Gasteiger partial charge in [0.05, 0.1) is 5.71 Å². The highest BCUT2D eigenvalue weighted by molar-refractivity contribution is 6.27. The maximum Gasteiger partial charge on any atom is 0.163 e. The van der Waals surface area contributed by atoms with Crippen LogP contribution in [0.3, 0.4) is 0 Å². The van der Waals surface area contributed by atoms with Crippen LogP contribution in [0.2, 0.25) is 0 Å². The number of aromatic hydroxyl groups is 1. The van der Waals surface area contributed by atoms with Crippen LogP contribution in [0.25, 0.3) is 0 Å². The normalized spacial score (nSPS) is 11.4. The standard InChI is InChI=1S/C10H11NO2/c1-7-4-3-5-9(13)10(7)11-8(2)6-12/h3-6,13H,1-2H3. The minimum absolute atomic E-state index is 0.0983. The van der Waals surface area contributed by atoms with Gasteiger partial charge in [-0.1, -0.05) is 12.1 Å². The van der Waals surface area contributed by atoms with Crippen molar-refractivity contribution in [3.63, 3.8) is 0 Å². The molecule has 0 fully saturated rings. The SMILES string of the molecule is CC(C=O)=Nc1c(C)cccc1O. The number of para-hydroxylation sites is 1. The molecule has 0 atom stereocenters. The molecule has 0 amide bonds. The summed E-state index contributed by atoms with van der Waals surface area (Å²) in [7, 11) is 0. The molecule has 1 aromatic carbocycles. The van der Waals surface area contributed by atoms with Gasteiger partial charge in [0, 0.05) is 0 Å². The van der Waals surface area contributed by atoms with Gasteiger partial charge in [-0.05, 0) is 25.5 Å². The molecule has 0 aromatic heterocycles. The molecule has 0 aliphatic heterocycles. The summed E-state index contributed by atoms with van der Waals surface area (Å²) in [5, 5.41) is 9.41. The Hall–Kier alpha value is -1.64. The predicted molar refractivity (Wildman–Crippen MR) is 51.7 cm³/mol. The van der Waals surface area contributed by atoms with E-state index in [0.717, 1.165) is 5.56 Å². The van der Waals surface area contributed by atoms with Crippen molar-refractivity contribution in [2.45, 2.75) is 13.8 Å². The molecule has 3 nitrogen and oxygen atoms in total. The summed E-state index contributed by atoms with van der Waals surface area (Å²) >= 11 is 0. The lowest BCUT2D eigenvalue weighted by Gasteiger charge is -2.02. The fourth-order valence-electron chi connectivity index (χ4n) is 0.992. The lowest BCUT2D eigenvalue weighted by Crippen LogP contribution is -1.90. The number of hydrogen-bond acceptors (Lipinski definition) is 3. The van der Waals surface area contributed by atoms with Gasteiger partial charge in [0.1, 0.15) is 11.4 Å². The Labute approximate surface area is 76.7 Å². The lowest BCUT2D eigenvalue weighted by atomic mass is 10.2. The van der Waals surface area contributed by atoms with E-state index in [1.165, 1.54) is 0 Å². The van der Waals surface area contributed by atoms with Gasteiger partial charge in [0.15, 0.2) is 6.29 Å². The average molecular weight is 177 g/mol. The second kappa shape index (κ2) is 3.85. The van der Waals surface area contributed by atoms with Gasteiger partial charge in [-0.3, -0.25) is 4.79 Å². The molecule has 0 radical (unpaired) electrons. The first kappa shape index (κ1) is 9.45. The Morgan fingerprint density at radius 1 is 1.54 bits per heavy atom. The van der Waals surface area contributed by atoms with Crippen molar-refractivity contribution in [1.82, 2.24) is 0 Å². The predicted octanol–water partition coefficient (Wildman–Crippen LogP) is 1.99. The Kier molecular flexibility index (Phi) is 2.80. The average Bonchev–Trinajstić information content (AvgIpc) is 2.11. The first-order chi connectivity index (χ1) is 6.15. The number of aryl methyl sites for hydroxylation is 1. The number of carbonyl (C=O) groups excluding carboxylic acids is 1. The third kappa shape index (κ3) is 2.15. The molecule has 13 heavy (non-hydrogen) atoms. The quantitative estimate of drug-likeness (QED) is 0.554. The number of benzene rings is 1. The molecule has 1 rings (SSSR count). The van der Waals surface area contributed by atoms with E-state index < -0.39 is 0 Å². The molecule has 68 valence electrons. The van der Waals surface area contributed by atoms with Gasteiger partial charge < -0.3 is 5.11 Å². The summed E-state index contributed by atoms with van der Waals surface area (Å²) < 4.78 is 0. The largest absolute Gasteiger partial charge is 0.506 e. The van der Waals surface area contributed by atoms with E-state index in [1.807, 2.05) is 13.0 Å². The van der Waals surface area contributed by atoms with Crippen LogP contribution in [0.1, 0.15) is 12.5 Å². The Balaban J connectivity index is 3.21. The van der Waals surface area contributed by atoms with Crippen LogP contribution in [0, 0.1) is 6.92 Å². The van der Waals surface area contributed by atoms with Gasteiger partial charge in [0.2, 0.25) is 0 Å². The molecular formula is C10H11NO2. The second-order valence-electron chi connectivity index (χ2n) is 2.81.